The van der Waals surface area contributed by atoms with Crippen LogP contribution in [0.5, 0.6) is 0 Å². The fraction of sp³-hybridized carbons (Fsp3) is 0.833. The molecule has 0 N–H and O–H groups in total. The van der Waals surface area contributed by atoms with Crippen LogP contribution in [0, 0.1) is 0 Å². The summed E-state index contributed by atoms with van der Waals surface area (Å²) in [7, 11) is 0. The highest BCUT2D eigenvalue weighted by atomic mass is 35.5. The van der Waals surface area contributed by atoms with Gasteiger partial charge in [0.25, 0.3) is 0 Å². The Kier molecular flexibility index (Phi) is 1.96. The lowest BCUT2D eigenvalue weighted by molar-refractivity contribution is 0.220. The van der Waals surface area contributed by atoms with Crippen molar-refractivity contribution in [3.05, 3.63) is 0 Å². The van der Waals surface area contributed by atoms with Gasteiger partial charge in [0.05, 0.1) is 0 Å². The molecule has 0 aromatic rings. The van der Waals surface area contributed by atoms with Crippen LogP contribution in [0.1, 0.15) is 19.8 Å². The average Bonchev–Trinajstić information content (AvgIpc) is 2.13. The van der Waals surface area contributed by atoms with Gasteiger partial charge in [-0.2, -0.15) is 0 Å². The number of nitrogens with zero attached hydrogens (tertiary/aromatic N) is 1. The predicted molar refractivity (Wildman–Crippen MR) is 36.7 cm³/mol. The lowest BCUT2D eigenvalue weighted by Gasteiger charge is -2.16. The first-order chi connectivity index (χ1) is 4.22. The fourth-order valence-electron chi connectivity index (χ4n) is 1.19. The van der Waals surface area contributed by atoms with E-state index in [2.05, 4.69) is 0 Å². The van der Waals surface area contributed by atoms with Gasteiger partial charge < -0.3 is 4.90 Å². The summed E-state index contributed by atoms with van der Waals surface area (Å²) in [5.74, 6) is 0. The second-order valence-electron chi connectivity index (χ2n) is 2.44. The quantitative estimate of drug-likeness (QED) is 0.378. The maximum absolute atomic E-state index is 10.5. The molecular weight excluding hydrogens is 138 g/mol. The van der Waals surface area contributed by atoms with Crippen LogP contribution < -0.4 is 0 Å². The lowest BCUT2D eigenvalue weighted by atomic mass is 10.2. The van der Waals surface area contributed by atoms with Crippen molar-refractivity contribution in [2.45, 2.75) is 25.8 Å². The lowest BCUT2D eigenvalue weighted by Crippen LogP contribution is -2.28. The summed E-state index contributed by atoms with van der Waals surface area (Å²) in [5, 5.41) is -0.306. The van der Waals surface area contributed by atoms with Gasteiger partial charge in [0, 0.05) is 12.6 Å². The molecule has 0 aliphatic carbocycles. The van der Waals surface area contributed by atoms with Crippen molar-refractivity contribution in [3.8, 4) is 0 Å². The first kappa shape index (κ1) is 6.87. The van der Waals surface area contributed by atoms with E-state index in [-0.39, 0.29) is 5.37 Å². The van der Waals surface area contributed by atoms with E-state index in [4.69, 9.17) is 11.6 Å². The van der Waals surface area contributed by atoms with Crippen LogP contribution in [0.2, 0.25) is 0 Å². The number of likely N-dealkylation sites (tertiary alicyclic amines) is 1. The third-order valence-electron chi connectivity index (χ3n) is 1.78. The molecule has 0 unspecified atom stereocenters. The molecule has 0 aromatic carbocycles. The molecule has 1 atom stereocenters. The SMILES string of the molecule is C[C@H]1CCCN1C(=O)Cl. The summed E-state index contributed by atoms with van der Waals surface area (Å²) >= 11 is 5.27. The number of carbonyl (C=O) groups is 1. The van der Waals surface area contributed by atoms with E-state index in [9.17, 15) is 4.79 Å². The molecule has 1 heterocycles. The largest absolute Gasteiger partial charge is 0.327 e. The van der Waals surface area contributed by atoms with E-state index in [0.717, 1.165) is 19.4 Å². The summed E-state index contributed by atoms with van der Waals surface area (Å²) < 4.78 is 0. The Balaban J connectivity index is 2.49. The Morgan fingerprint density at radius 1 is 1.78 bits per heavy atom. The van der Waals surface area contributed by atoms with E-state index >= 15 is 0 Å². The monoisotopic (exact) mass is 147 g/mol. The van der Waals surface area contributed by atoms with E-state index in [0.29, 0.717) is 6.04 Å². The number of hydrogen-bond donors (Lipinski definition) is 0. The predicted octanol–water partition coefficient (Wildman–Crippen LogP) is 1.83. The highest BCUT2D eigenvalue weighted by Crippen LogP contribution is 2.17. The minimum atomic E-state index is -0.306. The summed E-state index contributed by atoms with van der Waals surface area (Å²) in [6.07, 6.45) is 2.19. The normalized spacial score (nSPS) is 26.9. The Morgan fingerprint density at radius 2 is 2.44 bits per heavy atom. The number of rotatable bonds is 0. The molecular formula is C6H10ClNO. The van der Waals surface area contributed by atoms with Crippen LogP contribution in [0.4, 0.5) is 4.79 Å². The van der Waals surface area contributed by atoms with Gasteiger partial charge in [0.15, 0.2) is 0 Å². The van der Waals surface area contributed by atoms with Crippen LogP contribution in [0.25, 0.3) is 0 Å². The van der Waals surface area contributed by atoms with Gasteiger partial charge in [-0.15, -0.1) is 0 Å². The molecule has 9 heavy (non-hydrogen) atoms. The highest BCUT2D eigenvalue weighted by Gasteiger charge is 2.22. The van der Waals surface area contributed by atoms with Gasteiger partial charge in [-0.25, -0.2) is 0 Å². The Hall–Kier alpha value is -0.240. The van der Waals surface area contributed by atoms with Crippen molar-refractivity contribution >= 4 is 17.0 Å². The smallest absolute Gasteiger partial charge is 0.316 e. The molecule has 1 fully saturated rings. The minimum absolute atomic E-state index is 0.306. The molecule has 0 bridgehead atoms. The van der Waals surface area contributed by atoms with E-state index in [1.807, 2.05) is 6.92 Å². The number of amides is 1. The first-order valence-corrected chi connectivity index (χ1v) is 3.55. The Morgan fingerprint density at radius 3 is 2.67 bits per heavy atom. The Labute approximate surface area is 59.8 Å². The van der Waals surface area contributed by atoms with E-state index in [1.54, 1.807) is 4.90 Å². The maximum Gasteiger partial charge on any atom is 0.316 e. The summed E-state index contributed by atoms with van der Waals surface area (Å²) in [6, 6.07) is 0.356. The standard InChI is InChI=1S/C6H10ClNO/c1-5-3-2-4-8(5)6(7)9/h5H,2-4H2,1H3/t5-/m0/s1. The fourth-order valence-corrected chi connectivity index (χ4v) is 1.45. The van der Waals surface area contributed by atoms with Gasteiger partial charge in [-0.3, -0.25) is 4.79 Å². The second-order valence-corrected chi connectivity index (χ2v) is 2.76. The number of hydrogen-bond acceptors (Lipinski definition) is 1. The van der Waals surface area contributed by atoms with Gasteiger partial charge in [0.2, 0.25) is 0 Å². The molecule has 0 spiro atoms. The van der Waals surface area contributed by atoms with E-state index in [1.165, 1.54) is 0 Å². The zero-order valence-corrected chi connectivity index (χ0v) is 6.19. The van der Waals surface area contributed by atoms with Crippen molar-refractivity contribution in [3.63, 3.8) is 0 Å². The zero-order chi connectivity index (χ0) is 6.85. The average molecular weight is 148 g/mol. The first-order valence-electron chi connectivity index (χ1n) is 3.18. The zero-order valence-electron chi connectivity index (χ0n) is 5.43. The topological polar surface area (TPSA) is 20.3 Å². The van der Waals surface area contributed by atoms with Crippen molar-refractivity contribution in [1.29, 1.82) is 0 Å². The number of carbonyl (C=O) groups excluding carboxylic acids is 1. The van der Waals surface area contributed by atoms with Gasteiger partial charge >= 0.3 is 5.37 Å². The molecule has 0 radical (unpaired) electrons. The number of halogens is 1. The summed E-state index contributed by atoms with van der Waals surface area (Å²) in [4.78, 5) is 12.2. The molecule has 0 saturated carbocycles. The van der Waals surface area contributed by atoms with Crippen LogP contribution >= 0.6 is 11.6 Å². The molecule has 1 aliphatic rings. The van der Waals surface area contributed by atoms with Crippen molar-refractivity contribution in [2.75, 3.05) is 6.54 Å². The summed E-state index contributed by atoms with van der Waals surface area (Å²) in [6.45, 7) is 2.86. The maximum atomic E-state index is 10.5. The van der Waals surface area contributed by atoms with Crippen LogP contribution in [-0.2, 0) is 0 Å². The molecule has 1 amide bonds. The molecule has 1 aliphatic heterocycles. The van der Waals surface area contributed by atoms with Crippen LogP contribution in [-0.4, -0.2) is 22.9 Å². The second kappa shape index (κ2) is 2.56. The molecule has 1 saturated heterocycles. The molecule has 2 nitrogen and oxygen atoms in total. The molecule has 1 rings (SSSR count). The Bertz CT molecular complexity index is 126. The summed E-state index contributed by atoms with van der Waals surface area (Å²) in [5.41, 5.74) is 0. The molecule has 3 heteroatoms. The van der Waals surface area contributed by atoms with Gasteiger partial charge in [0.1, 0.15) is 0 Å². The third-order valence-corrected chi connectivity index (χ3v) is 2.00. The minimum Gasteiger partial charge on any atom is -0.327 e. The van der Waals surface area contributed by atoms with Crippen molar-refractivity contribution in [2.24, 2.45) is 0 Å². The van der Waals surface area contributed by atoms with Crippen LogP contribution in [0.15, 0.2) is 0 Å². The van der Waals surface area contributed by atoms with Gasteiger partial charge in [-0.05, 0) is 31.4 Å². The molecule has 0 aromatic heterocycles. The van der Waals surface area contributed by atoms with E-state index < -0.39 is 0 Å². The van der Waals surface area contributed by atoms with Crippen LogP contribution in [0.3, 0.4) is 0 Å². The highest BCUT2D eigenvalue weighted by molar-refractivity contribution is 6.62. The van der Waals surface area contributed by atoms with Crippen molar-refractivity contribution < 1.29 is 4.79 Å². The van der Waals surface area contributed by atoms with Gasteiger partial charge in [-0.1, -0.05) is 0 Å². The molecule has 52 valence electrons. The van der Waals surface area contributed by atoms with Crippen molar-refractivity contribution in [1.82, 2.24) is 4.90 Å². The third kappa shape index (κ3) is 1.36.